The van der Waals surface area contributed by atoms with E-state index in [9.17, 15) is 0 Å². The lowest BCUT2D eigenvalue weighted by atomic mass is 9.89. The smallest absolute Gasteiger partial charge is 0.217 e. The first-order chi connectivity index (χ1) is 11.2. The molecule has 6 nitrogen and oxygen atoms in total. The van der Waals surface area contributed by atoms with Crippen LogP contribution in [0.25, 0.3) is 0 Å². The zero-order valence-corrected chi connectivity index (χ0v) is 13.3. The van der Waals surface area contributed by atoms with Gasteiger partial charge in [0.1, 0.15) is 6.61 Å². The lowest BCUT2D eigenvalue weighted by Gasteiger charge is -2.29. The summed E-state index contributed by atoms with van der Waals surface area (Å²) in [6, 6.07) is 5.51. The minimum atomic E-state index is -0.0778. The fourth-order valence-electron chi connectivity index (χ4n) is 2.64. The molecule has 120 valence electrons. The number of amidine groups is 1. The third kappa shape index (κ3) is 3.32. The zero-order chi connectivity index (χ0) is 16.2. The van der Waals surface area contributed by atoms with E-state index in [4.69, 9.17) is 9.84 Å². The zero-order valence-electron chi connectivity index (χ0n) is 13.3. The van der Waals surface area contributed by atoms with E-state index in [1.54, 1.807) is 6.07 Å². The van der Waals surface area contributed by atoms with E-state index >= 15 is 0 Å². The number of aliphatic hydroxyl groups excluding tert-OH is 1. The number of hydrogen-bond acceptors (Lipinski definition) is 6. The summed E-state index contributed by atoms with van der Waals surface area (Å²) >= 11 is 0. The molecule has 0 radical (unpaired) electrons. The Balaban J connectivity index is 1.77. The van der Waals surface area contributed by atoms with Gasteiger partial charge in [-0.15, -0.1) is 10.2 Å². The van der Waals surface area contributed by atoms with Gasteiger partial charge in [0.15, 0.2) is 5.84 Å². The summed E-state index contributed by atoms with van der Waals surface area (Å²) in [5.41, 5.74) is 2.52. The molecule has 0 spiro atoms. The van der Waals surface area contributed by atoms with E-state index in [0.717, 1.165) is 23.5 Å². The number of pyridine rings is 1. The van der Waals surface area contributed by atoms with Gasteiger partial charge in [-0.25, -0.2) is 0 Å². The second-order valence-corrected chi connectivity index (χ2v) is 5.66. The van der Waals surface area contributed by atoms with Crippen molar-refractivity contribution in [3.8, 4) is 0 Å². The number of fused-ring (bicyclic) bond motifs is 1. The van der Waals surface area contributed by atoms with Crippen molar-refractivity contribution < 1.29 is 9.84 Å². The number of rotatable bonds is 3. The number of nitrogens with zero attached hydrogens (tertiary/aromatic N) is 4. The van der Waals surface area contributed by atoms with E-state index < -0.39 is 0 Å². The first-order valence-electron chi connectivity index (χ1n) is 7.57. The number of ether oxygens (including phenoxy) is 1. The predicted octanol–water partition coefficient (Wildman–Crippen LogP) is 1.88. The maximum atomic E-state index is 9.15. The molecule has 0 saturated carbocycles. The summed E-state index contributed by atoms with van der Waals surface area (Å²) in [6.45, 7) is 0.235. The van der Waals surface area contributed by atoms with E-state index in [0.29, 0.717) is 18.2 Å². The Morgan fingerprint density at radius 1 is 1.26 bits per heavy atom. The molecule has 3 rings (SSSR count). The standard InChI is InChI=1S/C17H20N4O2/c1-21(2)16-14-8-3-4-9-15(14)17(20-19-16)23-11-13-7-5-6-12(10-22)18-13/h3-8,15,22H,9-11H2,1-2H3. The van der Waals surface area contributed by atoms with E-state index in [2.05, 4.69) is 27.3 Å². The van der Waals surface area contributed by atoms with Crippen LogP contribution in [-0.2, 0) is 18.0 Å². The van der Waals surface area contributed by atoms with Crippen molar-refractivity contribution in [2.45, 2.75) is 19.6 Å². The van der Waals surface area contributed by atoms with Crippen LogP contribution >= 0.6 is 0 Å². The van der Waals surface area contributed by atoms with Crippen molar-refractivity contribution in [1.82, 2.24) is 9.88 Å². The van der Waals surface area contributed by atoms with Gasteiger partial charge < -0.3 is 14.7 Å². The van der Waals surface area contributed by atoms with Crippen LogP contribution in [-0.4, -0.2) is 40.8 Å². The molecule has 1 unspecified atom stereocenters. The van der Waals surface area contributed by atoms with Crippen LogP contribution in [0.3, 0.4) is 0 Å². The van der Waals surface area contributed by atoms with Gasteiger partial charge in [-0.2, -0.15) is 0 Å². The highest BCUT2D eigenvalue weighted by Gasteiger charge is 2.30. The normalized spacial score (nSPS) is 19.4. The van der Waals surface area contributed by atoms with Crippen LogP contribution in [0.2, 0.25) is 0 Å². The molecule has 0 bridgehead atoms. The van der Waals surface area contributed by atoms with Crippen molar-refractivity contribution in [2.24, 2.45) is 16.1 Å². The van der Waals surface area contributed by atoms with Crippen molar-refractivity contribution >= 4 is 11.7 Å². The van der Waals surface area contributed by atoms with Gasteiger partial charge in [-0.05, 0) is 18.6 Å². The number of allylic oxidation sites excluding steroid dienone is 3. The number of likely N-dealkylation sites (N-methyl/N-ethyl adjacent to an activating group) is 1. The van der Waals surface area contributed by atoms with Crippen LogP contribution in [0.1, 0.15) is 17.8 Å². The highest BCUT2D eigenvalue weighted by molar-refractivity contribution is 6.06. The van der Waals surface area contributed by atoms with Crippen molar-refractivity contribution in [3.05, 3.63) is 53.4 Å². The Kier molecular flexibility index (Phi) is 4.52. The summed E-state index contributed by atoms with van der Waals surface area (Å²) in [5, 5.41) is 17.7. The highest BCUT2D eigenvalue weighted by atomic mass is 16.5. The molecule has 0 amide bonds. The topological polar surface area (TPSA) is 70.3 Å². The SMILES string of the molecule is CN(C)C1=NN=C(OCc2cccc(CO)n2)C2CC=CC=C12. The summed E-state index contributed by atoms with van der Waals surface area (Å²) in [6.07, 6.45) is 7.06. The van der Waals surface area contributed by atoms with Crippen LogP contribution in [0.4, 0.5) is 0 Å². The molecule has 6 heteroatoms. The number of hydrogen-bond donors (Lipinski definition) is 1. The second kappa shape index (κ2) is 6.75. The number of aliphatic hydroxyl groups is 1. The monoisotopic (exact) mass is 312 g/mol. The first-order valence-corrected chi connectivity index (χ1v) is 7.57. The summed E-state index contributed by atoms with van der Waals surface area (Å²) in [4.78, 5) is 6.28. The molecule has 23 heavy (non-hydrogen) atoms. The summed E-state index contributed by atoms with van der Waals surface area (Å²) in [5.74, 6) is 1.57. The molecule has 2 heterocycles. The van der Waals surface area contributed by atoms with Crippen LogP contribution in [0, 0.1) is 5.92 Å². The Bertz CT molecular complexity index is 704. The molecule has 0 fully saturated rings. The third-order valence-corrected chi connectivity index (χ3v) is 3.78. The second-order valence-electron chi connectivity index (χ2n) is 5.66. The lowest BCUT2D eigenvalue weighted by molar-refractivity contribution is 0.260. The molecular weight excluding hydrogens is 292 g/mol. The van der Waals surface area contributed by atoms with Crippen molar-refractivity contribution in [2.75, 3.05) is 14.1 Å². The highest BCUT2D eigenvalue weighted by Crippen LogP contribution is 2.28. The van der Waals surface area contributed by atoms with E-state index in [1.807, 2.05) is 37.2 Å². The molecule has 1 aliphatic heterocycles. The average Bonchev–Trinajstić information content (AvgIpc) is 2.59. The molecule has 1 aromatic heterocycles. The Labute approximate surface area is 135 Å². The van der Waals surface area contributed by atoms with Gasteiger partial charge in [0.2, 0.25) is 5.90 Å². The summed E-state index contributed by atoms with van der Waals surface area (Å²) < 4.78 is 5.87. The van der Waals surface area contributed by atoms with Gasteiger partial charge in [-0.1, -0.05) is 24.3 Å². The van der Waals surface area contributed by atoms with Crippen molar-refractivity contribution in [1.29, 1.82) is 0 Å². The van der Waals surface area contributed by atoms with Crippen LogP contribution in [0.15, 0.2) is 52.2 Å². The molecule has 1 N–H and O–H groups in total. The van der Waals surface area contributed by atoms with E-state index in [1.165, 1.54) is 0 Å². The van der Waals surface area contributed by atoms with Crippen molar-refractivity contribution in [3.63, 3.8) is 0 Å². The summed E-state index contributed by atoms with van der Waals surface area (Å²) in [7, 11) is 3.92. The fourth-order valence-corrected chi connectivity index (χ4v) is 2.64. The molecule has 1 aliphatic carbocycles. The molecular formula is C17H20N4O2. The van der Waals surface area contributed by atoms with E-state index in [-0.39, 0.29) is 12.5 Å². The van der Waals surface area contributed by atoms with Gasteiger partial charge >= 0.3 is 0 Å². The minimum Gasteiger partial charge on any atom is -0.473 e. The Morgan fingerprint density at radius 2 is 2.09 bits per heavy atom. The quantitative estimate of drug-likeness (QED) is 0.925. The average molecular weight is 312 g/mol. The number of aromatic nitrogens is 1. The van der Waals surface area contributed by atoms with Gasteiger partial charge in [0, 0.05) is 19.7 Å². The molecule has 1 atom stereocenters. The third-order valence-electron chi connectivity index (χ3n) is 3.78. The first kappa shape index (κ1) is 15.4. The minimum absolute atomic E-state index is 0.0778. The molecule has 2 aliphatic rings. The largest absolute Gasteiger partial charge is 0.473 e. The lowest BCUT2D eigenvalue weighted by Crippen LogP contribution is -2.34. The van der Waals surface area contributed by atoms with Gasteiger partial charge in [0.05, 0.1) is 23.9 Å². The van der Waals surface area contributed by atoms with Crippen LogP contribution in [0.5, 0.6) is 0 Å². The van der Waals surface area contributed by atoms with Gasteiger partial charge in [0.25, 0.3) is 0 Å². The molecule has 1 aromatic rings. The maximum absolute atomic E-state index is 9.15. The molecule has 0 saturated heterocycles. The molecule has 0 aromatic carbocycles. The maximum Gasteiger partial charge on any atom is 0.217 e. The van der Waals surface area contributed by atoms with Crippen LogP contribution < -0.4 is 0 Å². The Morgan fingerprint density at radius 3 is 2.87 bits per heavy atom. The van der Waals surface area contributed by atoms with Gasteiger partial charge in [-0.3, -0.25) is 4.98 Å². The Hall–Kier alpha value is -2.47. The fraction of sp³-hybridized carbons (Fsp3) is 0.353. The predicted molar refractivity (Wildman–Crippen MR) is 88.8 cm³/mol.